The molecule has 0 radical (unpaired) electrons. The molecule has 0 aliphatic rings. The predicted octanol–water partition coefficient (Wildman–Crippen LogP) is 0.962. The van der Waals surface area contributed by atoms with E-state index in [1.165, 1.54) is 4.68 Å². The molecule has 0 aliphatic heterocycles. The summed E-state index contributed by atoms with van der Waals surface area (Å²) in [6.07, 6.45) is 0. The van der Waals surface area contributed by atoms with Crippen molar-refractivity contribution in [3.05, 3.63) is 35.4 Å². The molecule has 21 heavy (non-hydrogen) atoms. The van der Waals surface area contributed by atoms with Crippen molar-refractivity contribution in [1.82, 2.24) is 15.0 Å². The first kappa shape index (κ1) is 15.0. The minimum absolute atomic E-state index is 0.0172. The molecular weight excluding hydrogens is 290 g/mol. The van der Waals surface area contributed by atoms with Crippen molar-refractivity contribution in [2.45, 2.75) is 30.7 Å². The number of benzene rings is 1. The topological polar surface area (TPSA) is 115 Å². The highest BCUT2D eigenvalue weighted by Gasteiger charge is 2.27. The zero-order valence-corrected chi connectivity index (χ0v) is 12.5. The van der Waals surface area contributed by atoms with Crippen LogP contribution in [-0.2, 0) is 16.4 Å². The number of aromatic nitrogens is 3. The summed E-state index contributed by atoms with van der Waals surface area (Å²) >= 11 is 0. The van der Waals surface area contributed by atoms with Crippen LogP contribution in [-0.4, -0.2) is 28.7 Å². The van der Waals surface area contributed by atoms with Gasteiger partial charge in [-0.2, -0.15) is 5.26 Å². The van der Waals surface area contributed by atoms with E-state index >= 15 is 0 Å². The Balaban J connectivity index is 2.41. The molecule has 1 heterocycles. The number of nitrogens with zero attached hydrogens (tertiary/aromatic N) is 4. The SMILES string of the molecule is CC(C)S(=O)(=O)c1nnn(Cc2ccccc2C#N)c1N. The van der Waals surface area contributed by atoms with Gasteiger partial charge in [0.15, 0.2) is 5.82 Å². The summed E-state index contributed by atoms with van der Waals surface area (Å²) < 4.78 is 25.5. The molecule has 0 aliphatic carbocycles. The lowest BCUT2D eigenvalue weighted by molar-refractivity contribution is 0.583. The lowest BCUT2D eigenvalue weighted by atomic mass is 10.1. The van der Waals surface area contributed by atoms with E-state index in [-0.39, 0.29) is 17.4 Å². The van der Waals surface area contributed by atoms with Gasteiger partial charge in [-0.05, 0) is 25.5 Å². The lowest BCUT2D eigenvalue weighted by Gasteiger charge is -2.07. The maximum Gasteiger partial charge on any atom is 0.221 e. The van der Waals surface area contributed by atoms with Gasteiger partial charge in [0.1, 0.15) is 0 Å². The Morgan fingerprint density at radius 3 is 2.67 bits per heavy atom. The highest BCUT2D eigenvalue weighted by molar-refractivity contribution is 7.92. The molecule has 1 aromatic heterocycles. The molecule has 0 saturated carbocycles. The average molecular weight is 305 g/mol. The molecule has 0 spiro atoms. The maximum absolute atomic E-state index is 12.1. The molecule has 0 unspecified atom stereocenters. The Kier molecular flexibility index (Phi) is 3.95. The lowest BCUT2D eigenvalue weighted by Crippen LogP contribution is -2.16. The number of hydrogen-bond acceptors (Lipinski definition) is 6. The summed E-state index contributed by atoms with van der Waals surface area (Å²) in [5, 5.41) is 15.7. The summed E-state index contributed by atoms with van der Waals surface area (Å²) in [5.74, 6) is -0.0172. The number of hydrogen-bond donors (Lipinski definition) is 1. The molecule has 2 rings (SSSR count). The van der Waals surface area contributed by atoms with Crippen LogP contribution in [0.2, 0.25) is 0 Å². The van der Waals surface area contributed by atoms with Gasteiger partial charge < -0.3 is 5.73 Å². The van der Waals surface area contributed by atoms with Crippen LogP contribution in [0.15, 0.2) is 29.3 Å². The van der Waals surface area contributed by atoms with Crippen LogP contribution >= 0.6 is 0 Å². The molecule has 110 valence electrons. The largest absolute Gasteiger partial charge is 0.381 e. The van der Waals surface area contributed by atoms with Crippen LogP contribution < -0.4 is 5.73 Å². The van der Waals surface area contributed by atoms with E-state index in [1.807, 2.05) is 0 Å². The van der Waals surface area contributed by atoms with E-state index in [0.717, 1.165) is 0 Å². The van der Waals surface area contributed by atoms with Gasteiger partial charge in [-0.1, -0.05) is 23.4 Å². The first-order valence-electron chi connectivity index (χ1n) is 6.28. The van der Waals surface area contributed by atoms with Gasteiger partial charge in [-0.3, -0.25) is 0 Å². The van der Waals surface area contributed by atoms with Crippen molar-refractivity contribution in [3.63, 3.8) is 0 Å². The Morgan fingerprint density at radius 2 is 2.05 bits per heavy atom. The van der Waals surface area contributed by atoms with E-state index < -0.39 is 15.1 Å². The van der Waals surface area contributed by atoms with Crippen LogP contribution in [0.1, 0.15) is 25.0 Å². The third kappa shape index (κ3) is 2.73. The van der Waals surface area contributed by atoms with Crippen molar-refractivity contribution < 1.29 is 8.42 Å². The van der Waals surface area contributed by atoms with Gasteiger partial charge in [0.25, 0.3) is 0 Å². The number of rotatable bonds is 4. The van der Waals surface area contributed by atoms with Gasteiger partial charge in [-0.15, -0.1) is 5.10 Å². The number of anilines is 1. The van der Waals surface area contributed by atoms with Crippen LogP contribution in [0.5, 0.6) is 0 Å². The van der Waals surface area contributed by atoms with Gasteiger partial charge >= 0.3 is 0 Å². The summed E-state index contributed by atoms with van der Waals surface area (Å²) in [6.45, 7) is 3.30. The smallest absolute Gasteiger partial charge is 0.221 e. The standard InChI is InChI=1S/C13H15N5O2S/c1-9(2)21(19,20)13-12(15)18(17-16-13)8-11-6-4-3-5-10(11)7-14/h3-6,9H,8,15H2,1-2H3. The third-order valence-electron chi connectivity index (χ3n) is 3.09. The van der Waals surface area contributed by atoms with Crippen LogP contribution in [0.4, 0.5) is 5.82 Å². The minimum atomic E-state index is -3.58. The second-order valence-corrected chi connectivity index (χ2v) is 7.22. The van der Waals surface area contributed by atoms with Crippen molar-refractivity contribution in [2.24, 2.45) is 0 Å². The molecule has 1 aromatic carbocycles. The normalized spacial score (nSPS) is 11.5. The molecule has 2 aromatic rings. The van der Waals surface area contributed by atoms with Crippen LogP contribution in [0, 0.1) is 11.3 Å². The monoisotopic (exact) mass is 305 g/mol. The van der Waals surface area contributed by atoms with E-state index in [4.69, 9.17) is 11.0 Å². The highest BCUT2D eigenvalue weighted by Crippen LogP contribution is 2.21. The van der Waals surface area contributed by atoms with Crippen molar-refractivity contribution in [3.8, 4) is 6.07 Å². The molecule has 0 atom stereocenters. The minimum Gasteiger partial charge on any atom is -0.381 e. The molecular formula is C13H15N5O2S. The number of nitrogen functional groups attached to an aromatic ring is 1. The molecule has 8 heteroatoms. The van der Waals surface area contributed by atoms with Crippen molar-refractivity contribution in [2.75, 3.05) is 5.73 Å². The molecule has 2 N–H and O–H groups in total. The fourth-order valence-electron chi connectivity index (χ4n) is 1.78. The quantitative estimate of drug-likeness (QED) is 0.899. The predicted molar refractivity (Wildman–Crippen MR) is 77.0 cm³/mol. The van der Waals surface area contributed by atoms with Crippen LogP contribution in [0.25, 0.3) is 0 Å². The van der Waals surface area contributed by atoms with E-state index in [0.29, 0.717) is 11.1 Å². The zero-order chi connectivity index (χ0) is 15.6. The van der Waals surface area contributed by atoms with Crippen LogP contribution in [0.3, 0.4) is 0 Å². The Morgan fingerprint density at radius 1 is 1.38 bits per heavy atom. The summed E-state index contributed by atoms with van der Waals surface area (Å²) in [4.78, 5) is 0. The first-order chi connectivity index (χ1) is 9.87. The Labute approximate surface area is 122 Å². The zero-order valence-electron chi connectivity index (χ0n) is 11.7. The summed E-state index contributed by atoms with van der Waals surface area (Å²) in [7, 11) is -3.58. The molecule has 7 nitrogen and oxygen atoms in total. The second-order valence-electron chi connectivity index (χ2n) is 4.80. The molecule has 0 amide bonds. The fourth-order valence-corrected chi connectivity index (χ4v) is 2.77. The second kappa shape index (κ2) is 5.54. The number of sulfone groups is 1. The number of nitrogens with two attached hydrogens (primary N) is 1. The first-order valence-corrected chi connectivity index (χ1v) is 7.83. The summed E-state index contributed by atoms with van der Waals surface area (Å²) in [6, 6.07) is 9.04. The third-order valence-corrected chi connectivity index (χ3v) is 5.16. The number of nitriles is 1. The van der Waals surface area contributed by atoms with Gasteiger partial charge in [-0.25, -0.2) is 13.1 Å². The Bertz CT molecular complexity index is 802. The van der Waals surface area contributed by atoms with Crippen molar-refractivity contribution >= 4 is 15.7 Å². The van der Waals surface area contributed by atoms with E-state index in [1.54, 1.807) is 38.1 Å². The highest BCUT2D eigenvalue weighted by atomic mass is 32.2. The molecule has 0 bridgehead atoms. The molecule has 0 saturated heterocycles. The fraction of sp³-hybridized carbons (Fsp3) is 0.308. The van der Waals surface area contributed by atoms with Gasteiger partial charge in [0, 0.05) is 0 Å². The Hall–Kier alpha value is -2.40. The van der Waals surface area contributed by atoms with Gasteiger partial charge in [0.05, 0.1) is 23.4 Å². The van der Waals surface area contributed by atoms with Gasteiger partial charge in [0.2, 0.25) is 14.9 Å². The molecule has 0 fully saturated rings. The van der Waals surface area contributed by atoms with Crippen molar-refractivity contribution in [1.29, 1.82) is 5.26 Å². The average Bonchev–Trinajstić information content (AvgIpc) is 2.81. The van der Waals surface area contributed by atoms with E-state index in [9.17, 15) is 8.42 Å². The maximum atomic E-state index is 12.1. The summed E-state index contributed by atoms with van der Waals surface area (Å²) in [5.41, 5.74) is 7.03. The van der Waals surface area contributed by atoms with E-state index in [2.05, 4.69) is 16.4 Å².